The Labute approximate surface area is 213 Å². The van der Waals surface area contributed by atoms with Crippen molar-refractivity contribution < 1.29 is 0 Å². The minimum absolute atomic E-state index is 0.530. The molecule has 3 saturated carbocycles. The maximum Gasteiger partial charge on any atom is -0.00851 e. The van der Waals surface area contributed by atoms with Gasteiger partial charge in [0.05, 0.1) is 0 Å². The highest BCUT2D eigenvalue weighted by Gasteiger charge is 2.58. The highest BCUT2D eigenvalue weighted by Crippen LogP contribution is 2.67. The second kappa shape index (κ2) is 10.8. The van der Waals surface area contributed by atoms with Gasteiger partial charge >= 0.3 is 0 Å². The Balaban J connectivity index is 1.48. The lowest BCUT2D eigenvalue weighted by Crippen LogP contribution is -2.50. The van der Waals surface area contributed by atoms with Gasteiger partial charge in [-0.2, -0.15) is 0 Å². The molecular formula is C34H58. The van der Waals surface area contributed by atoms with E-state index in [0.717, 1.165) is 47.3 Å². The molecule has 3 fully saturated rings. The minimum atomic E-state index is 0.530. The normalized spacial score (nSPS) is 41.6. The maximum atomic E-state index is 2.76. The molecule has 0 amide bonds. The van der Waals surface area contributed by atoms with E-state index in [2.05, 4.69) is 66.7 Å². The standard InChI is InChI=1S/C34H58/c1-8-11-27(12-9-2)26(10-3)14-13-25(5)30-17-18-31-29-16-15-28-23-24(4)19-21-33(28,6)32(29)20-22-34(30,31)7/h13-15,24-27,29-32H,8-12,16-23H2,1-7H3/b14-13+/t24-,25+,26?,29-,30+,31-,32-,33-,34+/m0/s1. The lowest BCUT2D eigenvalue weighted by atomic mass is 9.46. The molecule has 0 N–H and O–H groups in total. The van der Waals surface area contributed by atoms with Gasteiger partial charge in [0.25, 0.3) is 0 Å². The van der Waals surface area contributed by atoms with Crippen LogP contribution < -0.4 is 0 Å². The van der Waals surface area contributed by atoms with Crippen LogP contribution in [0.15, 0.2) is 23.8 Å². The smallest absolute Gasteiger partial charge is 0.00851 e. The van der Waals surface area contributed by atoms with Crippen LogP contribution in [0, 0.1) is 58.2 Å². The summed E-state index contributed by atoms with van der Waals surface area (Å²) >= 11 is 0. The van der Waals surface area contributed by atoms with Crippen molar-refractivity contribution >= 4 is 0 Å². The van der Waals surface area contributed by atoms with Crippen LogP contribution in [-0.4, -0.2) is 0 Å². The fourth-order valence-corrected chi connectivity index (χ4v) is 10.1. The van der Waals surface area contributed by atoms with Crippen molar-refractivity contribution in [3.05, 3.63) is 23.8 Å². The van der Waals surface area contributed by atoms with E-state index in [1.807, 2.05) is 5.57 Å². The van der Waals surface area contributed by atoms with Gasteiger partial charge in [-0.3, -0.25) is 0 Å². The molecule has 0 saturated heterocycles. The first-order chi connectivity index (χ1) is 16.3. The Morgan fingerprint density at radius 3 is 2.35 bits per heavy atom. The summed E-state index contributed by atoms with van der Waals surface area (Å²) in [6.07, 6.45) is 26.6. The van der Waals surface area contributed by atoms with Gasteiger partial charge in [-0.15, -0.1) is 0 Å². The fourth-order valence-electron chi connectivity index (χ4n) is 10.1. The molecule has 4 rings (SSSR count). The predicted molar refractivity (Wildman–Crippen MR) is 150 cm³/mol. The molecular weight excluding hydrogens is 408 g/mol. The molecule has 4 aliphatic rings. The van der Waals surface area contributed by atoms with E-state index in [4.69, 9.17) is 0 Å². The number of allylic oxidation sites excluding steroid dienone is 4. The molecule has 0 aromatic carbocycles. The van der Waals surface area contributed by atoms with Gasteiger partial charge < -0.3 is 0 Å². The van der Waals surface area contributed by atoms with Gasteiger partial charge in [-0.05, 0) is 116 Å². The molecule has 0 radical (unpaired) electrons. The van der Waals surface area contributed by atoms with Crippen LogP contribution in [0.5, 0.6) is 0 Å². The van der Waals surface area contributed by atoms with Gasteiger partial charge in [0, 0.05) is 0 Å². The summed E-state index contributed by atoms with van der Waals surface area (Å²) in [5, 5.41) is 0. The summed E-state index contributed by atoms with van der Waals surface area (Å²) in [5.41, 5.74) is 2.96. The van der Waals surface area contributed by atoms with Crippen molar-refractivity contribution in [3.8, 4) is 0 Å². The van der Waals surface area contributed by atoms with Crippen LogP contribution in [0.4, 0.5) is 0 Å². The Bertz CT molecular complexity index is 722. The summed E-state index contributed by atoms with van der Waals surface area (Å²) in [6.45, 7) is 17.6. The van der Waals surface area contributed by atoms with Crippen molar-refractivity contribution in [3.63, 3.8) is 0 Å². The van der Waals surface area contributed by atoms with Crippen LogP contribution in [0.25, 0.3) is 0 Å². The number of fused-ring (bicyclic) bond motifs is 5. The van der Waals surface area contributed by atoms with Crippen molar-refractivity contribution in [2.75, 3.05) is 0 Å². The predicted octanol–water partition coefficient (Wildman–Crippen LogP) is 10.6. The number of rotatable bonds is 9. The molecule has 0 spiro atoms. The summed E-state index contributed by atoms with van der Waals surface area (Å²) in [4.78, 5) is 0. The van der Waals surface area contributed by atoms with E-state index in [-0.39, 0.29) is 0 Å². The summed E-state index contributed by atoms with van der Waals surface area (Å²) in [5.74, 6) is 7.13. The zero-order chi connectivity index (χ0) is 24.5. The number of hydrogen-bond acceptors (Lipinski definition) is 0. The quantitative estimate of drug-likeness (QED) is 0.296. The van der Waals surface area contributed by atoms with Crippen LogP contribution in [0.1, 0.15) is 132 Å². The summed E-state index contributed by atoms with van der Waals surface area (Å²) in [7, 11) is 0. The Morgan fingerprint density at radius 1 is 0.941 bits per heavy atom. The molecule has 0 aromatic heterocycles. The molecule has 0 nitrogen and oxygen atoms in total. The SMILES string of the molecule is CCCC(CCC)C(/C=C/[C@@H](C)[C@H]1CC[C@H]2[C@@H]3CC=C4C[C@@H](C)CC[C@]4(C)[C@H]3CC[C@]12C)CC. The average Bonchev–Trinajstić information content (AvgIpc) is 3.17. The van der Waals surface area contributed by atoms with Gasteiger partial charge in [0.1, 0.15) is 0 Å². The maximum absolute atomic E-state index is 2.76. The second-order valence-electron chi connectivity index (χ2n) is 14.0. The van der Waals surface area contributed by atoms with Gasteiger partial charge in [0.2, 0.25) is 0 Å². The van der Waals surface area contributed by atoms with Crippen LogP contribution >= 0.6 is 0 Å². The van der Waals surface area contributed by atoms with E-state index in [1.54, 1.807) is 0 Å². The third-order valence-electron chi connectivity index (χ3n) is 12.1. The van der Waals surface area contributed by atoms with E-state index < -0.39 is 0 Å². The molecule has 194 valence electrons. The molecule has 0 bridgehead atoms. The average molecular weight is 467 g/mol. The molecule has 1 unspecified atom stereocenters. The number of hydrogen-bond donors (Lipinski definition) is 0. The summed E-state index contributed by atoms with van der Waals surface area (Å²) < 4.78 is 0. The van der Waals surface area contributed by atoms with Crippen molar-refractivity contribution in [2.45, 2.75) is 132 Å². The first kappa shape index (κ1) is 26.5. The van der Waals surface area contributed by atoms with Crippen molar-refractivity contribution in [1.29, 1.82) is 0 Å². The van der Waals surface area contributed by atoms with Crippen molar-refractivity contribution in [2.24, 2.45) is 58.2 Å². The monoisotopic (exact) mass is 466 g/mol. The molecule has 0 heterocycles. The molecule has 4 aliphatic carbocycles. The van der Waals surface area contributed by atoms with Crippen LogP contribution in [-0.2, 0) is 0 Å². The Morgan fingerprint density at radius 2 is 1.68 bits per heavy atom. The largest absolute Gasteiger partial charge is 0.0851 e. The Hall–Kier alpha value is -0.520. The minimum Gasteiger partial charge on any atom is -0.0851 e. The van der Waals surface area contributed by atoms with E-state index in [9.17, 15) is 0 Å². The third kappa shape index (κ3) is 4.75. The molecule has 9 atom stereocenters. The van der Waals surface area contributed by atoms with Gasteiger partial charge in [-0.1, -0.05) is 98.0 Å². The third-order valence-corrected chi connectivity index (χ3v) is 12.1. The Kier molecular flexibility index (Phi) is 8.47. The first-order valence-corrected chi connectivity index (χ1v) is 15.7. The lowest BCUT2D eigenvalue weighted by molar-refractivity contribution is -0.0486. The highest BCUT2D eigenvalue weighted by molar-refractivity contribution is 5.25. The molecule has 0 heteroatoms. The zero-order valence-electron chi connectivity index (χ0n) is 24.0. The topological polar surface area (TPSA) is 0 Å². The lowest BCUT2D eigenvalue weighted by Gasteiger charge is -2.58. The highest BCUT2D eigenvalue weighted by atomic mass is 14.6. The summed E-state index contributed by atoms with van der Waals surface area (Å²) in [6, 6.07) is 0. The second-order valence-corrected chi connectivity index (χ2v) is 14.0. The van der Waals surface area contributed by atoms with Crippen LogP contribution in [0.2, 0.25) is 0 Å². The molecule has 0 aromatic rings. The van der Waals surface area contributed by atoms with Crippen LogP contribution in [0.3, 0.4) is 0 Å². The van der Waals surface area contributed by atoms with E-state index in [0.29, 0.717) is 10.8 Å². The molecule has 34 heavy (non-hydrogen) atoms. The first-order valence-electron chi connectivity index (χ1n) is 15.7. The van der Waals surface area contributed by atoms with Crippen molar-refractivity contribution in [1.82, 2.24) is 0 Å². The van der Waals surface area contributed by atoms with E-state index >= 15 is 0 Å². The van der Waals surface area contributed by atoms with Gasteiger partial charge in [0.15, 0.2) is 0 Å². The fraction of sp³-hybridized carbons (Fsp3) is 0.882. The zero-order valence-corrected chi connectivity index (χ0v) is 24.0. The molecule has 0 aliphatic heterocycles. The van der Waals surface area contributed by atoms with Gasteiger partial charge in [-0.25, -0.2) is 0 Å². The van der Waals surface area contributed by atoms with E-state index in [1.165, 1.54) is 83.5 Å².